The van der Waals surface area contributed by atoms with Crippen LogP contribution in [0.5, 0.6) is 0 Å². The van der Waals surface area contributed by atoms with Gasteiger partial charge >= 0.3 is 0 Å². The summed E-state index contributed by atoms with van der Waals surface area (Å²) in [4.78, 5) is 2.16. The summed E-state index contributed by atoms with van der Waals surface area (Å²) in [6.07, 6.45) is 1.92. The highest BCUT2D eigenvalue weighted by atomic mass is 35.5. The van der Waals surface area contributed by atoms with E-state index in [2.05, 4.69) is 11.8 Å². The van der Waals surface area contributed by atoms with Crippen molar-refractivity contribution < 1.29 is 5.11 Å². The second-order valence-corrected chi connectivity index (χ2v) is 4.62. The third-order valence-electron chi connectivity index (χ3n) is 2.63. The first-order valence-corrected chi connectivity index (χ1v) is 6.13. The molecule has 0 spiro atoms. The lowest BCUT2D eigenvalue weighted by atomic mass is 10.1. The van der Waals surface area contributed by atoms with Crippen molar-refractivity contribution in [3.63, 3.8) is 0 Å². The van der Waals surface area contributed by atoms with Gasteiger partial charge in [-0.25, -0.2) is 0 Å². The molecule has 0 amide bonds. The van der Waals surface area contributed by atoms with Crippen LogP contribution >= 0.6 is 11.6 Å². The molecule has 0 aliphatic rings. The second-order valence-electron chi connectivity index (χ2n) is 4.18. The molecule has 0 fully saturated rings. The fourth-order valence-electron chi connectivity index (χ4n) is 1.60. The van der Waals surface area contributed by atoms with Crippen LogP contribution in [-0.4, -0.2) is 30.1 Å². The molecule has 1 N–H and O–H groups in total. The summed E-state index contributed by atoms with van der Waals surface area (Å²) in [5.41, 5.74) is 0.924. The predicted octanol–water partition coefficient (Wildman–Crippen LogP) is 3.11. The quantitative estimate of drug-likeness (QED) is 0.827. The van der Waals surface area contributed by atoms with E-state index in [0.29, 0.717) is 11.6 Å². The second kappa shape index (κ2) is 6.89. The fraction of sp³-hybridized carbons (Fsp3) is 0.538. The van der Waals surface area contributed by atoms with Crippen molar-refractivity contribution >= 4 is 11.6 Å². The van der Waals surface area contributed by atoms with Crippen LogP contribution in [-0.2, 0) is 0 Å². The largest absolute Gasteiger partial charge is 0.387 e. The molecule has 0 radical (unpaired) electrons. The summed E-state index contributed by atoms with van der Waals surface area (Å²) in [6, 6.07) is 7.37. The highest BCUT2D eigenvalue weighted by molar-refractivity contribution is 6.30. The number of aliphatic hydroxyl groups is 1. The zero-order valence-corrected chi connectivity index (χ0v) is 10.7. The molecule has 1 unspecified atom stereocenters. The minimum absolute atomic E-state index is 0.431. The molecule has 0 aliphatic carbocycles. The Morgan fingerprint density at radius 2 is 1.94 bits per heavy atom. The first-order chi connectivity index (χ1) is 7.63. The molecular formula is C13H20ClNO. The van der Waals surface area contributed by atoms with Crippen LogP contribution < -0.4 is 0 Å². The molecule has 0 aromatic heterocycles. The standard InChI is InChI=1S/C13H20ClNO/c1-3-4-9-15(2)10-13(16)11-5-7-12(14)8-6-11/h5-8,13,16H,3-4,9-10H2,1-2H3. The van der Waals surface area contributed by atoms with Crippen molar-refractivity contribution in [1.29, 1.82) is 0 Å². The predicted molar refractivity (Wildman–Crippen MR) is 68.8 cm³/mol. The number of rotatable bonds is 6. The molecule has 0 saturated carbocycles. The molecule has 2 nitrogen and oxygen atoms in total. The lowest BCUT2D eigenvalue weighted by Crippen LogP contribution is -2.25. The van der Waals surface area contributed by atoms with Crippen molar-refractivity contribution in [1.82, 2.24) is 4.90 Å². The smallest absolute Gasteiger partial charge is 0.0916 e. The molecule has 0 saturated heterocycles. The van der Waals surface area contributed by atoms with Crippen LogP contribution in [0.4, 0.5) is 0 Å². The van der Waals surface area contributed by atoms with Gasteiger partial charge in [0, 0.05) is 11.6 Å². The Kier molecular flexibility index (Phi) is 5.81. The van der Waals surface area contributed by atoms with E-state index in [9.17, 15) is 5.11 Å². The van der Waals surface area contributed by atoms with E-state index in [-0.39, 0.29) is 0 Å². The number of benzene rings is 1. The third kappa shape index (κ3) is 4.52. The molecule has 1 rings (SSSR count). The van der Waals surface area contributed by atoms with Gasteiger partial charge in [-0.05, 0) is 37.7 Å². The topological polar surface area (TPSA) is 23.5 Å². The fourth-order valence-corrected chi connectivity index (χ4v) is 1.73. The van der Waals surface area contributed by atoms with Crippen molar-refractivity contribution in [3.8, 4) is 0 Å². The van der Waals surface area contributed by atoms with Gasteiger partial charge in [0.15, 0.2) is 0 Å². The first kappa shape index (κ1) is 13.5. The Morgan fingerprint density at radius 1 is 1.31 bits per heavy atom. The van der Waals surface area contributed by atoms with E-state index in [0.717, 1.165) is 12.1 Å². The number of hydrogen-bond donors (Lipinski definition) is 1. The Balaban J connectivity index is 2.45. The molecule has 90 valence electrons. The molecule has 16 heavy (non-hydrogen) atoms. The van der Waals surface area contributed by atoms with Crippen LogP contribution in [0.15, 0.2) is 24.3 Å². The third-order valence-corrected chi connectivity index (χ3v) is 2.88. The molecule has 0 heterocycles. The maximum atomic E-state index is 10.00. The van der Waals surface area contributed by atoms with Gasteiger partial charge in [0.2, 0.25) is 0 Å². The van der Waals surface area contributed by atoms with Crippen LogP contribution in [0, 0.1) is 0 Å². The van der Waals surface area contributed by atoms with E-state index in [1.165, 1.54) is 12.8 Å². The normalized spacial score (nSPS) is 13.1. The van der Waals surface area contributed by atoms with Gasteiger partial charge in [0.25, 0.3) is 0 Å². The average molecular weight is 242 g/mol. The summed E-state index contributed by atoms with van der Waals surface area (Å²) >= 11 is 5.80. The van der Waals surface area contributed by atoms with Gasteiger partial charge in [-0.1, -0.05) is 37.1 Å². The van der Waals surface area contributed by atoms with Crippen molar-refractivity contribution in [2.24, 2.45) is 0 Å². The Hall–Kier alpha value is -0.570. The summed E-state index contributed by atoms with van der Waals surface area (Å²) < 4.78 is 0. The van der Waals surface area contributed by atoms with Crippen LogP contribution in [0.1, 0.15) is 31.4 Å². The van der Waals surface area contributed by atoms with Gasteiger partial charge in [-0.2, -0.15) is 0 Å². The minimum Gasteiger partial charge on any atom is -0.387 e. The highest BCUT2D eigenvalue weighted by Gasteiger charge is 2.09. The zero-order chi connectivity index (χ0) is 12.0. The van der Waals surface area contributed by atoms with E-state index in [1.54, 1.807) is 0 Å². The minimum atomic E-state index is -0.431. The molecule has 0 bridgehead atoms. The molecule has 1 aromatic rings. The number of unbranched alkanes of at least 4 members (excludes halogenated alkanes) is 1. The van der Waals surface area contributed by atoms with Gasteiger partial charge in [0.1, 0.15) is 0 Å². The Bertz CT molecular complexity index is 299. The monoisotopic (exact) mass is 241 g/mol. The molecule has 1 atom stereocenters. The summed E-state index contributed by atoms with van der Waals surface area (Å²) in [5.74, 6) is 0. The zero-order valence-electron chi connectivity index (χ0n) is 9.99. The number of nitrogens with zero attached hydrogens (tertiary/aromatic N) is 1. The summed E-state index contributed by atoms with van der Waals surface area (Å²) in [6.45, 7) is 3.87. The maximum absolute atomic E-state index is 10.00. The van der Waals surface area contributed by atoms with Gasteiger partial charge in [0.05, 0.1) is 6.10 Å². The molecule has 3 heteroatoms. The van der Waals surface area contributed by atoms with E-state index < -0.39 is 6.10 Å². The lowest BCUT2D eigenvalue weighted by Gasteiger charge is -2.20. The van der Waals surface area contributed by atoms with E-state index in [1.807, 2.05) is 31.3 Å². The van der Waals surface area contributed by atoms with Gasteiger partial charge < -0.3 is 10.0 Å². The number of likely N-dealkylation sites (N-methyl/N-ethyl adjacent to an activating group) is 1. The maximum Gasteiger partial charge on any atom is 0.0916 e. The van der Waals surface area contributed by atoms with Gasteiger partial charge in [-0.15, -0.1) is 0 Å². The first-order valence-electron chi connectivity index (χ1n) is 5.75. The van der Waals surface area contributed by atoms with E-state index >= 15 is 0 Å². The summed E-state index contributed by atoms with van der Waals surface area (Å²) in [5, 5.41) is 10.7. The molecule has 0 aliphatic heterocycles. The van der Waals surface area contributed by atoms with Crippen molar-refractivity contribution in [2.75, 3.05) is 20.1 Å². The number of halogens is 1. The lowest BCUT2D eigenvalue weighted by molar-refractivity contribution is 0.126. The SMILES string of the molecule is CCCCN(C)CC(O)c1ccc(Cl)cc1. The molecule has 1 aromatic carbocycles. The average Bonchev–Trinajstić information content (AvgIpc) is 2.27. The Morgan fingerprint density at radius 3 is 2.50 bits per heavy atom. The van der Waals surface area contributed by atoms with Crippen LogP contribution in [0.3, 0.4) is 0 Å². The van der Waals surface area contributed by atoms with Crippen molar-refractivity contribution in [2.45, 2.75) is 25.9 Å². The number of hydrogen-bond acceptors (Lipinski definition) is 2. The van der Waals surface area contributed by atoms with Crippen molar-refractivity contribution in [3.05, 3.63) is 34.9 Å². The van der Waals surface area contributed by atoms with Gasteiger partial charge in [-0.3, -0.25) is 0 Å². The van der Waals surface area contributed by atoms with Crippen LogP contribution in [0.25, 0.3) is 0 Å². The summed E-state index contributed by atoms with van der Waals surface area (Å²) in [7, 11) is 2.04. The number of aliphatic hydroxyl groups excluding tert-OH is 1. The molecular weight excluding hydrogens is 222 g/mol. The van der Waals surface area contributed by atoms with E-state index in [4.69, 9.17) is 11.6 Å². The Labute approximate surface area is 103 Å². The van der Waals surface area contributed by atoms with Crippen LogP contribution in [0.2, 0.25) is 5.02 Å². The highest BCUT2D eigenvalue weighted by Crippen LogP contribution is 2.17.